The van der Waals surface area contributed by atoms with E-state index in [9.17, 15) is 4.79 Å². The summed E-state index contributed by atoms with van der Waals surface area (Å²) in [6.45, 7) is 1.38. The second kappa shape index (κ2) is 7.04. The number of imidazole rings is 1. The monoisotopic (exact) mass is 311 g/mol. The molecule has 0 aliphatic rings. The third kappa shape index (κ3) is 3.62. The molecule has 0 spiro atoms. The van der Waals surface area contributed by atoms with Crippen molar-refractivity contribution in [3.63, 3.8) is 0 Å². The minimum Gasteiger partial charge on any atom is -0.352 e. The Kier molecular flexibility index (Phi) is 4.65. The number of thiophene rings is 1. The van der Waals surface area contributed by atoms with Gasteiger partial charge in [0, 0.05) is 42.8 Å². The number of nitrogens with zero attached hydrogens (tertiary/aromatic N) is 2. The van der Waals surface area contributed by atoms with Crippen molar-refractivity contribution in [1.29, 1.82) is 0 Å². The van der Waals surface area contributed by atoms with Gasteiger partial charge in [0.25, 0.3) is 5.91 Å². The van der Waals surface area contributed by atoms with Gasteiger partial charge in [-0.1, -0.05) is 30.3 Å². The summed E-state index contributed by atoms with van der Waals surface area (Å²) in [5, 5.41) is 6.69. The van der Waals surface area contributed by atoms with Gasteiger partial charge in [-0.25, -0.2) is 4.98 Å². The summed E-state index contributed by atoms with van der Waals surface area (Å²) in [7, 11) is 0. The topological polar surface area (TPSA) is 46.9 Å². The molecular formula is C17H17N3OS. The number of benzene rings is 1. The van der Waals surface area contributed by atoms with Crippen molar-refractivity contribution in [3.8, 4) is 0 Å². The van der Waals surface area contributed by atoms with Gasteiger partial charge in [0.15, 0.2) is 0 Å². The van der Waals surface area contributed by atoms with E-state index in [4.69, 9.17) is 0 Å². The molecule has 0 radical (unpaired) electrons. The maximum atomic E-state index is 11.9. The molecule has 3 aromatic rings. The minimum atomic E-state index is -0.0255. The second-order valence-electron chi connectivity index (χ2n) is 4.97. The molecule has 0 aliphatic heterocycles. The van der Waals surface area contributed by atoms with Crippen LogP contribution in [-0.2, 0) is 13.0 Å². The summed E-state index contributed by atoms with van der Waals surface area (Å²) in [6.07, 6.45) is 4.50. The van der Waals surface area contributed by atoms with E-state index >= 15 is 0 Å². The van der Waals surface area contributed by atoms with Crippen LogP contribution in [0.15, 0.2) is 59.6 Å². The molecule has 0 saturated carbocycles. The number of nitrogens with one attached hydrogen (secondary N) is 1. The smallest absolute Gasteiger partial charge is 0.252 e. The highest BCUT2D eigenvalue weighted by Crippen LogP contribution is 2.07. The highest BCUT2D eigenvalue weighted by molar-refractivity contribution is 7.08. The third-order valence-electron chi connectivity index (χ3n) is 3.41. The lowest BCUT2D eigenvalue weighted by molar-refractivity contribution is 0.0954. The van der Waals surface area contributed by atoms with E-state index in [0.29, 0.717) is 6.54 Å². The molecular weight excluding hydrogens is 294 g/mol. The van der Waals surface area contributed by atoms with Crippen LogP contribution in [0.5, 0.6) is 0 Å². The van der Waals surface area contributed by atoms with Crippen LogP contribution in [0.25, 0.3) is 0 Å². The number of rotatable bonds is 6. The van der Waals surface area contributed by atoms with E-state index in [1.54, 1.807) is 6.20 Å². The summed E-state index contributed by atoms with van der Waals surface area (Å²) in [5.74, 6) is 0.955. The fourth-order valence-corrected chi connectivity index (χ4v) is 2.91. The molecule has 0 aliphatic carbocycles. The van der Waals surface area contributed by atoms with Crippen molar-refractivity contribution in [2.24, 2.45) is 0 Å². The standard InChI is InChI=1S/C17H17N3OS/c21-17(15-7-11-22-13-15)19-8-6-16-18-9-10-20(16)12-14-4-2-1-3-5-14/h1-5,7,9-11,13H,6,8,12H2,(H,19,21). The molecule has 22 heavy (non-hydrogen) atoms. The first-order valence-corrected chi connectivity index (χ1v) is 8.11. The Morgan fingerprint density at radius 3 is 2.86 bits per heavy atom. The predicted molar refractivity (Wildman–Crippen MR) is 88.1 cm³/mol. The number of amides is 1. The first-order valence-electron chi connectivity index (χ1n) is 7.17. The molecule has 1 amide bonds. The van der Waals surface area contributed by atoms with Crippen LogP contribution >= 0.6 is 11.3 Å². The summed E-state index contributed by atoms with van der Waals surface area (Å²) < 4.78 is 2.12. The van der Waals surface area contributed by atoms with Crippen molar-refractivity contribution in [3.05, 3.63) is 76.5 Å². The van der Waals surface area contributed by atoms with Gasteiger partial charge >= 0.3 is 0 Å². The lowest BCUT2D eigenvalue weighted by Gasteiger charge is -2.08. The van der Waals surface area contributed by atoms with Gasteiger partial charge < -0.3 is 9.88 Å². The molecule has 0 saturated heterocycles. The Balaban J connectivity index is 1.55. The van der Waals surface area contributed by atoms with Crippen LogP contribution < -0.4 is 5.32 Å². The molecule has 112 valence electrons. The lowest BCUT2D eigenvalue weighted by Crippen LogP contribution is -2.26. The lowest BCUT2D eigenvalue weighted by atomic mass is 10.2. The second-order valence-corrected chi connectivity index (χ2v) is 5.75. The van der Waals surface area contributed by atoms with Gasteiger partial charge in [0.1, 0.15) is 5.82 Å². The molecule has 1 N–H and O–H groups in total. The van der Waals surface area contributed by atoms with E-state index in [1.165, 1.54) is 16.9 Å². The number of carbonyl (C=O) groups is 1. The van der Waals surface area contributed by atoms with Gasteiger partial charge in [-0.2, -0.15) is 11.3 Å². The molecule has 3 rings (SSSR count). The van der Waals surface area contributed by atoms with Crippen molar-refractivity contribution < 1.29 is 4.79 Å². The van der Waals surface area contributed by atoms with E-state index in [1.807, 2.05) is 41.2 Å². The molecule has 0 atom stereocenters. The van der Waals surface area contributed by atoms with Gasteiger partial charge in [0.05, 0.1) is 0 Å². The molecule has 0 fully saturated rings. The Hall–Kier alpha value is -2.40. The first-order chi connectivity index (χ1) is 10.8. The Morgan fingerprint density at radius 1 is 1.23 bits per heavy atom. The molecule has 0 unspecified atom stereocenters. The molecule has 4 nitrogen and oxygen atoms in total. The average molecular weight is 311 g/mol. The van der Waals surface area contributed by atoms with E-state index < -0.39 is 0 Å². The fourth-order valence-electron chi connectivity index (χ4n) is 2.28. The molecule has 2 aromatic heterocycles. The molecule has 2 heterocycles. The zero-order valence-electron chi connectivity index (χ0n) is 12.1. The fraction of sp³-hybridized carbons (Fsp3) is 0.176. The zero-order valence-corrected chi connectivity index (χ0v) is 12.9. The average Bonchev–Trinajstić information content (AvgIpc) is 3.20. The minimum absolute atomic E-state index is 0.0255. The van der Waals surface area contributed by atoms with Crippen LogP contribution in [-0.4, -0.2) is 22.0 Å². The number of carbonyl (C=O) groups excluding carboxylic acids is 1. The maximum Gasteiger partial charge on any atom is 0.252 e. The summed E-state index contributed by atoms with van der Waals surface area (Å²) in [5.41, 5.74) is 1.96. The van der Waals surface area contributed by atoms with Crippen LogP contribution in [0.4, 0.5) is 0 Å². The van der Waals surface area contributed by atoms with Crippen LogP contribution in [0.3, 0.4) is 0 Å². The number of hydrogen-bond donors (Lipinski definition) is 1. The highest BCUT2D eigenvalue weighted by atomic mass is 32.1. The van der Waals surface area contributed by atoms with Crippen molar-refractivity contribution in [2.45, 2.75) is 13.0 Å². The molecule has 0 bridgehead atoms. The Bertz CT molecular complexity index is 719. The molecule has 1 aromatic carbocycles. The quantitative estimate of drug-likeness (QED) is 0.761. The number of aromatic nitrogens is 2. The maximum absolute atomic E-state index is 11.9. The number of hydrogen-bond acceptors (Lipinski definition) is 3. The largest absolute Gasteiger partial charge is 0.352 e. The van der Waals surface area contributed by atoms with Crippen molar-refractivity contribution >= 4 is 17.2 Å². The Labute approximate surface area is 133 Å². The normalized spacial score (nSPS) is 10.5. The zero-order chi connectivity index (χ0) is 15.2. The van der Waals surface area contributed by atoms with Gasteiger partial charge in [-0.15, -0.1) is 0 Å². The summed E-state index contributed by atoms with van der Waals surface area (Å²) in [4.78, 5) is 16.3. The van der Waals surface area contributed by atoms with Gasteiger partial charge in [0.2, 0.25) is 0 Å². The molecule has 5 heteroatoms. The van der Waals surface area contributed by atoms with E-state index in [0.717, 1.165) is 24.4 Å². The predicted octanol–water partition coefficient (Wildman–Crippen LogP) is 2.97. The van der Waals surface area contributed by atoms with E-state index in [-0.39, 0.29) is 5.91 Å². The van der Waals surface area contributed by atoms with Crippen molar-refractivity contribution in [1.82, 2.24) is 14.9 Å². The van der Waals surface area contributed by atoms with E-state index in [2.05, 4.69) is 27.0 Å². The van der Waals surface area contributed by atoms with Crippen LogP contribution in [0.1, 0.15) is 21.7 Å². The van der Waals surface area contributed by atoms with Crippen LogP contribution in [0, 0.1) is 0 Å². The van der Waals surface area contributed by atoms with Gasteiger partial charge in [-0.3, -0.25) is 4.79 Å². The first kappa shape index (κ1) is 14.5. The van der Waals surface area contributed by atoms with Crippen molar-refractivity contribution in [2.75, 3.05) is 6.54 Å². The summed E-state index contributed by atoms with van der Waals surface area (Å²) in [6, 6.07) is 12.1. The van der Waals surface area contributed by atoms with Gasteiger partial charge in [-0.05, 0) is 17.0 Å². The highest BCUT2D eigenvalue weighted by Gasteiger charge is 2.07. The third-order valence-corrected chi connectivity index (χ3v) is 4.10. The summed E-state index contributed by atoms with van der Waals surface area (Å²) >= 11 is 1.53. The SMILES string of the molecule is O=C(NCCc1nccn1Cc1ccccc1)c1ccsc1. The van der Waals surface area contributed by atoms with Crippen LogP contribution in [0.2, 0.25) is 0 Å². The Morgan fingerprint density at radius 2 is 2.09 bits per heavy atom.